The number of aliphatic hydroxyl groups excluding tert-OH is 1. The Bertz CT molecular complexity index is 1170. The van der Waals surface area contributed by atoms with Gasteiger partial charge >= 0.3 is 0 Å². The number of ether oxygens (including phenoxy) is 1. The molecule has 0 aliphatic carbocycles. The van der Waals surface area contributed by atoms with Gasteiger partial charge in [-0.05, 0) is 38.1 Å². The van der Waals surface area contributed by atoms with E-state index in [-0.39, 0.29) is 23.7 Å². The van der Waals surface area contributed by atoms with Crippen LogP contribution in [0.5, 0.6) is 5.75 Å². The minimum absolute atomic E-state index is 0. The number of piperidine rings is 1. The summed E-state index contributed by atoms with van der Waals surface area (Å²) in [7, 11) is 0. The SMILES string of the molecule is Cl.O=C(Nc1cnccc1OCCN1CCCCC1)C1=C(O)CCn2c1nc1ccccc12. The van der Waals surface area contributed by atoms with Gasteiger partial charge in [0.2, 0.25) is 0 Å². The lowest BCUT2D eigenvalue weighted by atomic mass is 10.1. The Balaban J connectivity index is 0.00000259. The number of amides is 1. The molecule has 1 amide bonds. The van der Waals surface area contributed by atoms with Crippen LogP contribution in [-0.4, -0.2) is 56.7 Å². The van der Waals surface area contributed by atoms with Crippen LogP contribution in [0.3, 0.4) is 0 Å². The van der Waals surface area contributed by atoms with E-state index >= 15 is 0 Å². The fourth-order valence-corrected chi connectivity index (χ4v) is 4.45. The molecule has 174 valence electrons. The second-order valence-electron chi connectivity index (χ2n) is 8.22. The number of nitrogens with one attached hydrogen (secondary N) is 1. The maximum absolute atomic E-state index is 13.2. The predicted molar refractivity (Wildman–Crippen MR) is 130 cm³/mol. The van der Waals surface area contributed by atoms with Crippen LogP contribution in [0.1, 0.15) is 31.5 Å². The smallest absolute Gasteiger partial charge is 0.263 e. The van der Waals surface area contributed by atoms with Crippen molar-refractivity contribution in [2.45, 2.75) is 32.2 Å². The van der Waals surface area contributed by atoms with Crippen LogP contribution in [0.25, 0.3) is 16.6 Å². The third kappa shape index (κ3) is 4.82. The number of halogens is 1. The van der Waals surface area contributed by atoms with E-state index in [0.717, 1.165) is 30.7 Å². The number of benzene rings is 1. The third-order valence-electron chi connectivity index (χ3n) is 6.11. The number of hydrogen-bond acceptors (Lipinski definition) is 6. The average Bonchev–Trinajstić information content (AvgIpc) is 3.19. The number of aromatic nitrogens is 3. The van der Waals surface area contributed by atoms with E-state index in [0.29, 0.717) is 36.8 Å². The van der Waals surface area contributed by atoms with E-state index in [1.807, 2.05) is 28.8 Å². The van der Waals surface area contributed by atoms with Gasteiger partial charge < -0.3 is 19.7 Å². The number of fused-ring (bicyclic) bond motifs is 3. The lowest BCUT2D eigenvalue weighted by molar-refractivity contribution is -0.111. The number of carbonyl (C=O) groups excluding carboxylic acids is 1. The van der Waals surface area contributed by atoms with Crippen molar-refractivity contribution in [3.05, 3.63) is 54.3 Å². The molecule has 5 rings (SSSR count). The molecule has 0 saturated carbocycles. The molecule has 2 aromatic heterocycles. The summed E-state index contributed by atoms with van der Waals surface area (Å²) in [5, 5.41) is 13.4. The fraction of sp³-hybridized carbons (Fsp3) is 0.375. The number of carbonyl (C=O) groups is 1. The third-order valence-corrected chi connectivity index (χ3v) is 6.11. The molecule has 1 fully saturated rings. The van der Waals surface area contributed by atoms with Crippen LogP contribution < -0.4 is 10.1 Å². The van der Waals surface area contributed by atoms with E-state index in [9.17, 15) is 9.90 Å². The molecule has 4 heterocycles. The molecular weight excluding hydrogens is 442 g/mol. The van der Waals surface area contributed by atoms with Crippen LogP contribution in [0, 0.1) is 0 Å². The first-order valence-corrected chi connectivity index (χ1v) is 11.2. The first kappa shape index (κ1) is 23.1. The summed E-state index contributed by atoms with van der Waals surface area (Å²) in [5.74, 6) is 0.660. The Morgan fingerprint density at radius 2 is 1.94 bits per heavy atom. The maximum atomic E-state index is 13.2. The summed E-state index contributed by atoms with van der Waals surface area (Å²) in [5.41, 5.74) is 2.41. The van der Waals surface area contributed by atoms with Gasteiger partial charge in [0, 0.05) is 31.8 Å². The normalized spacial score (nSPS) is 16.2. The summed E-state index contributed by atoms with van der Waals surface area (Å²) < 4.78 is 7.95. The molecule has 2 aliphatic heterocycles. The second-order valence-corrected chi connectivity index (χ2v) is 8.22. The zero-order valence-electron chi connectivity index (χ0n) is 18.4. The standard InChI is InChI=1S/C24H27N5O3.ClH/c30-20-9-13-29-19-7-3-2-6-17(19)26-23(29)22(20)24(31)27-18-16-25-10-8-21(18)32-15-14-28-11-4-1-5-12-28;/h2-3,6-8,10,16,30H,1,4-5,9,11-15H2,(H,27,31);1H. The van der Waals surface area contributed by atoms with Crippen molar-refractivity contribution in [3.63, 3.8) is 0 Å². The fourth-order valence-electron chi connectivity index (χ4n) is 4.45. The summed E-state index contributed by atoms with van der Waals surface area (Å²) in [4.78, 5) is 24.4. The monoisotopic (exact) mass is 469 g/mol. The molecule has 0 spiro atoms. The second kappa shape index (κ2) is 10.2. The number of aliphatic hydroxyl groups is 1. The summed E-state index contributed by atoms with van der Waals surface area (Å²) in [6.45, 7) is 4.19. The Kier molecular flexibility index (Phi) is 7.15. The highest BCUT2D eigenvalue weighted by atomic mass is 35.5. The number of rotatable bonds is 6. The van der Waals surface area contributed by atoms with Crippen LogP contribution in [0.2, 0.25) is 0 Å². The number of allylic oxidation sites excluding steroid dienone is 1. The summed E-state index contributed by atoms with van der Waals surface area (Å²) in [6, 6.07) is 9.48. The first-order valence-electron chi connectivity index (χ1n) is 11.2. The van der Waals surface area contributed by atoms with Gasteiger partial charge in [-0.1, -0.05) is 18.6 Å². The van der Waals surface area contributed by atoms with Crippen LogP contribution in [-0.2, 0) is 11.3 Å². The molecule has 8 nitrogen and oxygen atoms in total. The predicted octanol–water partition coefficient (Wildman–Crippen LogP) is 4.03. The first-order chi connectivity index (χ1) is 15.7. The lowest BCUT2D eigenvalue weighted by Gasteiger charge is -2.26. The largest absolute Gasteiger partial charge is 0.511 e. The molecule has 1 saturated heterocycles. The van der Waals surface area contributed by atoms with Crippen molar-refractivity contribution in [1.82, 2.24) is 19.4 Å². The Morgan fingerprint density at radius 1 is 1.12 bits per heavy atom. The number of aryl methyl sites for hydroxylation is 1. The van der Waals surface area contributed by atoms with Crippen molar-refractivity contribution in [2.75, 3.05) is 31.6 Å². The van der Waals surface area contributed by atoms with E-state index in [4.69, 9.17) is 4.74 Å². The van der Waals surface area contributed by atoms with Crippen molar-refractivity contribution in [1.29, 1.82) is 0 Å². The number of hydrogen-bond donors (Lipinski definition) is 2. The van der Waals surface area contributed by atoms with Gasteiger partial charge in [-0.3, -0.25) is 14.7 Å². The van der Waals surface area contributed by atoms with E-state index in [1.54, 1.807) is 18.5 Å². The molecule has 33 heavy (non-hydrogen) atoms. The number of anilines is 1. The van der Waals surface area contributed by atoms with Gasteiger partial charge in [0.15, 0.2) is 0 Å². The van der Waals surface area contributed by atoms with Gasteiger partial charge in [0.05, 0.1) is 17.2 Å². The minimum atomic E-state index is -0.423. The molecule has 9 heteroatoms. The molecule has 3 aromatic rings. The van der Waals surface area contributed by atoms with Crippen molar-refractivity contribution in [2.24, 2.45) is 0 Å². The average molecular weight is 470 g/mol. The maximum Gasteiger partial charge on any atom is 0.263 e. The molecule has 0 bridgehead atoms. The van der Waals surface area contributed by atoms with Crippen molar-refractivity contribution >= 4 is 40.6 Å². The van der Waals surface area contributed by atoms with Crippen molar-refractivity contribution in [3.8, 4) is 5.75 Å². The van der Waals surface area contributed by atoms with Crippen LogP contribution in [0.4, 0.5) is 5.69 Å². The topological polar surface area (TPSA) is 92.5 Å². The molecule has 1 aromatic carbocycles. The van der Waals surface area contributed by atoms with Crippen molar-refractivity contribution < 1.29 is 14.6 Å². The number of nitrogens with zero attached hydrogens (tertiary/aromatic N) is 4. The van der Waals surface area contributed by atoms with Gasteiger partial charge in [0.25, 0.3) is 5.91 Å². The molecule has 2 N–H and O–H groups in total. The highest BCUT2D eigenvalue weighted by molar-refractivity contribution is 6.25. The Hall–Kier alpha value is -3.10. The zero-order chi connectivity index (χ0) is 21.9. The zero-order valence-corrected chi connectivity index (χ0v) is 19.2. The Morgan fingerprint density at radius 3 is 2.79 bits per heavy atom. The van der Waals surface area contributed by atoms with Gasteiger partial charge in [0.1, 0.15) is 35.2 Å². The van der Waals surface area contributed by atoms with Crippen LogP contribution >= 0.6 is 12.4 Å². The number of likely N-dealkylation sites (tertiary alicyclic amines) is 1. The number of imidazole rings is 1. The lowest BCUT2D eigenvalue weighted by Crippen LogP contribution is -2.33. The number of pyridine rings is 1. The molecule has 0 radical (unpaired) electrons. The highest BCUT2D eigenvalue weighted by Gasteiger charge is 2.28. The van der Waals surface area contributed by atoms with Gasteiger partial charge in [-0.2, -0.15) is 0 Å². The summed E-state index contributed by atoms with van der Waals surface area (Å²) in [6.07, 6.45) is 7.36. The molecule has 0 atom stereocenters. The molecule has 2 aliphatic rings. The highest BCUT2D eigenvalue weighted by Crippen LogP contribution is 2.31. The van der Waals surface area contributed by atoms with Gasteiger partial charge in [-0.25, -0.2) is 4.98 Å². The Labute approximate surface area is 198 Å². The van der Waals surface area contributed by atoms with E-state index in [2.05, 4.69) is 20.2 Å². The number of para-hydroxylation sites is 2. The minimum Gasteiger partial charge on any atom is -0.511 e. The van der Waals surface area contributed by atoms with Gasteiger partial charge in [-0.15, -0.1) is 12.4 Å². The molecular formula is C24H28ClN5O3. The quantitative estimate of drug-likeness (QED) is 0.566. The van der Waals surface area contributed by atoms with E-state index in [1.165, 1.54) is 19.3 Å². The van der Waals surface area contributed by atoms with Crippen LogP contribution in [0.15, 0.2) is 48.5 Å². The molecule has 0 unspecified atom stereocenters. The summed E-state index contributed by atoms with van der Waals surface area (Å²) >= 11 is 0. The van der Waals surface area contributed by atoms with E-state index < -0.39 is 5.91 Å².